The maximum atomic E-state index is 5.07. The summed E-state index contributed by atoms with van der Waals surface area (Å²) in [6, 6.07) is 10.2. The lowest BCUT2D eigenvalue weighted by Gasteiger charge is -2.10. The van der Waals surface area contributed by atoms with Crippen LogP contribution in [0.5, 0.6) is 0 Å². The Kier molecular flexibility index (Phi) is 8.69. The van der Waals surface area contributed by atoms with E-state index in [-0.39, 0.29) is 0 Å². The van der Waals surface area contributed by atoms with Crippen molar-refractivity contribution in [3.63, 3.8) is 0 Å². The third kappa shape index (κ3) is 6.52. The smallest absolute Gasteiger partial charge is 0.191 e. The fourth-order valence-electron chi connectivity index (χ4n) is 2.68. The molecule has 0 fully saturated rings. The predicted molar refractivity (Wildman–Crippen MR) is 107 cm³/mol. The van der Waals surface area contributed by atoms with Crippen molar-refractivity contribution in [3.8, 4) is 5.69 Å². The highest BCUT2D eigenvalue weighted by atomic mass is 16.5. The van der Waals surface area contributed by atoms with Crippen LogP contribution in [0.3, 0.4) is 0 Å². The van der Waals surface area contributed by atoms with Gasteiger partial charge in [-0.05, 0) is 50.8 Å². The topological polar surface area (TPSA) is 63.5 Å². The van der Waals surface area contributed by atoms with E-state index in [1.54, 1.807) is 7.11 Å². The van der Waals surface area contributed by atoms with Gasteiger partial charge in [-0.15, -0.1) is 0 Å². The van der Waals surface area contributed by atoms with E-state index in [0.29, 0.717) is 0 Å². The number of nitrogens with zero attached hydrogens (tertiary/aromatic N) is 3. The average molecular weight is 358 g/mol. The van der Waals surface area contributed by atoms with Gasteiger partial charge in [-0.25, -0.2) is 4.68 Å². The number of aryl methyl sites for hydroxylation is 2. The molecule has 1 heterocycles. The number of methoxy groups -OCH3 is 1. The van der Waals surface area contributed by atoms with Crippen LogP contribution in [-0.2, 0) is 11.2 Å². The molecule has 142 valence electrons. The maximum absolute atomic E-state index is 5.07. The van der Waals surface area contributed by atoms with E-state index in [2.05, 4.69) is 52.9 Å². The number of hydrogen-bond donors (Lipinski definition) is 2. The van der Waals surface area contributed by atoms with Crippen LogP contribution in [0.15, 0.2) is 41.5 Å². The van der Waals surface area contributed by atoms with Crippen molar-refractivity contribution in [3.05, 3.63) is 47.8 Å². The lowest BCUT2D eigenvalue weighted by molar-refractivity contribution is 0.195. The Bertz CT molecular complexity index is 666. The molecule has 0 bridgehead atoms. The maximum Gasteiger partial charge on any atom is 0.191 e. The summed E-state index contributed by atoms with van der Waals surface area (Å²) in [5, 5.41) is 11.2. The van der Waals surface area contributed by atoms with Gasteiger partial charge in [-0.1, -0.05) is 18.2 Å². The Balaban J connectivity index is 1.83. The van der Waals surface area contributed by atoms with Gasteiger partial charge in [0, 0.05) is 39.5 Å². The molecule has 0 amide bonds. The number of aromatic nitrogens is 2. The fraction of sp³-hybridized carbons (Fsp3) is 0.500. The first-order valence-electron chi connectivity index (χ1n) is 9.36. The summed E-state index contributed by atoms with van der Waals surface area (Å²) in [5.41, 5.74) is 3.46. The molecule has 0 aliphatic carbocycles. The van der Waals surface area contributed by atoms with Crippen LogP contribution in [-0.4, -0.2) is 49.1 Å². The van der Waals surface area contributed by atoms with E-state index in [4.69, 9.17) is 4.74 Å². The van der Waals surface area contributed by atoms with Crippen LogP contribution in [0.25, 0.3) is 5.69 Å². The van der Waals surface area contributed by atoms with Crippen molar-refractivity contribution >= 4 is 5.96 Å². The normalized spacial score (nSPS) is 11.6. The van der Waals surface area contributed by atoms with Crippen LogP contribution in [0.4, 0.5) is 0 Å². The van der Waals surface area contributed by atoms with Gasteiger partial charge in [-0.2, -0.15) is 5.10 Å². The largest absolute Gasteiger partial charge is 0.385 e. The minimum absolute atomic E-state index is 0.761. The second-order valence-electron chi connectivity index (χ2n) is 6.16. The molecule has 6 heteroatoms. The van der Waals surface area contributed by atoms with Gasteiger partial charge < -0.3 is 15.4 Å². The van der Waals surface area contributed by atoms with Crippen LogP contribution < -0.4 is 10.6 Å². The van der Waals surface area contributed by atoms with Crippen LogP contribution >= 0.6 is 0 Å². The summed E-state index contributed by atoms with van der Waals surface area (Å²) in [7, 11) is 1.72. The quantitative estimate of drug-likeness (QED) is 0.390. The number of benzene rings is 1. The average Bonchev–Trinajstić information content (AvgIpc) is 3.03. The van der Waals surface area contributed by atoms with Crippen molar-refractivity contribution in [1.29, 1.82) is 0 Å². The number of hydrogen-bond acceptors (Lipinski definition) is 3. The molecule has 26 heavy (non-hydrogen) atoms. The van der Waals surface area contributed by atoms with Crippen molar-refractivity contribution in [2.24, 2.45) is 4.99 Å². The van der Waals surface area contributed by atoms with Crippen LogP contribution in [0.1, 0.15) is 31.0 Å². The fourth-order valence-corrected chi connectivity index (χ4v) is 2.68. The van der Waals surface area contributed by atoms with Crippen molar-refractivity contribution in [1.82, 2.24) is 20.4 Å². The minimum atomic E-state index is 0.761. The van der Waals surface area contributed by atoms with Crippen molar-refractivity contribution in [2.75, 3.05) is 33.4 Å². The summed E-state index contributed by atoms with van der Waals surface area (Å²) in [4.78, 5) is 4.65. The first-order chi connectivity index (χ1) is 12.7. The third-order valence-corrected chi connectivity index (χ3v) is 4.06. The van der Waals surface area contributed by atoms with Gasteiger partial charge in [0.25, 0.3) is 0 Å². The number of guanidine groups is 1. The van der Waals surface area contributed by atoms with Crippen molar-refractivity contribution < 1.29 is 4.74 Å². The third-order valence-electron chi connectivity index (χ3n) is 4.06. The summed E-state index contributed by atoms with van der Waals surface area (Å²) >= 11 is 0. The summed E-state index contributed by atoms with van der Waals surface area (Å²) in [5.74, 6) is 0.875. The number of aliphatic imine (C=N–C) groups is 1. The number of ether oxygens (including phenoxy) is 1. The molecular formula is C20H31N5O. The zero-order chi connectivity index (χ0) is 18.6. The van der Waals surface area contributed by atoms with Gasteiger partial charge >= 0.3 is 0 Å². The van der Waals surface area contributed by atoms with E-state index in [0.717, 1.165) is 62.8 Å². The molecule has 0 aliphatic rings. The SMILES string of the molecule is CCNC(=NCCCc1cn(-c2ccccc2)nc1C)NCCCOC. The highest BCUT2D eigenvalue weighted by molar-refractivity contribution is 5.79. The first-order valence-corrected chi connectivity index (χ1v) is 9.36. The molecule has 0 saturated heterocycles. The predicted octanol–water partition coefficient (Wildman–Crippen LogP) is 2.70. The number of para-hydroxylation sites is 1. The first kappa shape index (κ1) is 20.0. The van der Waals surface area contributed by atoms with E-state index < -0.39 is 0 Å². The molecule has 1 aromatic carbocycles. The van der Waals surface area contributed by atoms with Gasteiger partial charge in [0.15, 0.2) is 5.96 Å². The highest BCUT2D eigenvalue weighted by Gasteiger charge is 2.06. The lowest BCUT2D eigenvalue weighted by atomic mass is 10.1. The monoisotopic (exact) mass is 357 g/mol. The van der Waals surface area contributed by atoms with E-state index >= 15 is 0 Å². The van der Waals surface area contributed by atoms with Gasteiger partial charge in [0.1, 0.15) is 0 Å². The van der Waals surface area contributed by atoms with Crippen LogP contribution in [0.2, 0.25) is 0 Å². The molecule has 0 aliphatic heterocycles. The number of rotatable bonds is 10. The summed E-state index contributed by atoms with van der Waals surface area (Å²) in [6.45, 7) is 7.42. The molecule has 0 unspecified atom stereocenters. The van der Waals surface area contributed by atoms with E-state index in [1.165, 1.54) is 5.56 Å². The zero-order valence-corrected chi connectivity index (χ0v) is 16.2. The molecular weight excluding hydrogens is 326 g/mol. The molecule has 0 atom stereocenters. The lowest BCUT2D eigenvalue weighted by Crippen LogP contribution is -2.38. The Hall–Kier alpha value is -2.34. The second kappa shape index (κ2) is 11.3. The van der Waals surface area contributed by atoms with Gasteiger partial charge in [-0.3, -0.25) is 4.99 Å². The molecule has 2 N–H and O–H groups in total. The summed E-state index contributed by atoms with van der Waals surface area (Å²) < 4.78 is 7.02. The van der Waals surface area contributed by atoms with Gasteiger partial charge in [0.05, 0.1) is 11.4 Å². The molecule has 0 saturated carbocycles. The van der Waals surface area contributed by atoms with Crippen LogP contribution in [0, 0.1) is 6.92 Å². The standard InChI is InChI=1S/C20H31N5O/c1-4-21-20(23-14-9-15-26-3)22-13-8-10-18-16-25(24-17(18)2)19-11-6-5-7-12-19/h5-7,11-12,16H,4,8-10,13-15H2,1-3H3,(H2,21,22,23). The molecule has 0 radical (unpaired) electrons. The molecule has 1 aromatic heterocycles. The molecule has 2 rings (SSSR count). The van der Waals surface area contributed by atoms with Crippen molar-refractivity contribution in [2.45, 2.75) is 33.1 Å². The van der Waals surface area contributed by atoms with E-state index in [1.807, 2.05) is 22.9 Å². The molecule has 0 spiro atoms. The minimum Gasteiger partial charge on any atom is -0.385 e. The van der Waals surface area contributed by atoms with E-state index in [9.17, 15) is 0 Å². The zero-order valence-electron chi connectivity index (χ0n) is 16.2. The second-order valence-corrected chi connectivity index (χ2v) is 6.16. The number of nitrogens with one attached hydrogen (secondary N) is 2. The molecule has 6 nitrogen and oxygen atoms in total. The van der Waals surface area contributed by atoms with Gasteiger partial charge in [0.2, 0.25) is 0 Å². The summed E-state index contributed by atoms with van der Waals surface area (Å²) in [6.07, 6.45) is 5.07. The Morgan fingerprint density at radius 3 is 2.73 bits per heavy atom. The Morgan fingerprint density at radius 2 is 2.00 bits per heavy atom. The Labute approximate surface area is 156 Å². The Morgan fingerprint density at radius 1 is 1.19 bits per heavy atom. The highest BCUT2D eigenvalue weighted by Crippen LogP contribution is 2.13. The molecule has 2 aromatic rings.